The van der Waals surface area contributed by atoms with Crippen molar-refractivity contribution >= 4 is 34.7 Å². The van der Waals surface area contributed by atoms with Crippen LogP contribution in [-0.4, -0.2) is 16.8 Å². The highest BCUT2D eigenvalue weighted by atomic mass is 32.1. The van der Waals surface area contributed by atoms with Crippen LogP contribution in [0.3, 0.4) is 0 Å². The third-order valence-electron chi connectivity index (χ3n) is 3.95. The number of hydrogen-bond acceptors (Lipinski definition) is 4. The molecule has 0 spiro atoms. The molecule has 5 nitrogen and oxygen atoms in total. The van der Waals surface area contributed by atoms with Gasteiger partial charge in [0.2, 0.25) is 5.91 Å². The Balaban J connectivity index is 1.54. The second-order valence-electron chi connectivity index (χ2n) is 6.18. The number of thiophene rings is 1. The fourth-order valence-corrected chi connectivity index (χ4v) is 3.39. The van der Waals surface area contributed by atoms with Crippen LogP contribution in [0.4, 0.5) is 11.5 Å². The van der Waals surface area contributed by atoms with Crippen LogP contribution >= 0.6 is 11.3 Å². The second-order valence-corrected chi connectivity index (χ2v) is 7.21. The molecule has 1 aromatic carbocycles. The van der Waals surface area contributed by atoms with Crippen molar-refractivity contribution < 1.29 is 9.59 Å². The van der Waals surface area contributed by atoms with E-state index in [1.165, 1.54) is 4.88 Å². The average molecular weight is 379 g/mol. The number of rotatable bonds is 7. The molecule has 3 aromatic rings. The van der Waals surface area contributed by atoms with E-state index in [0.29, 0.717) is 23.5 Å². The molecule has 138 valence electrons. The minimum absolute atomic E-state index is 0.0514. The molecule has 2 heterocycles. The first-order chi connectivity index (χ1) is 13.1. The number of carbonyl (C=O) groups excluding carboxylic acids is 2. The minimum atomic E-state index is -0.262. The summed E-state index contributed by atoms with van der Waals surface area (Å²) in [7, 11) is 0. The van der Waals surface area contributed by atoms with Crippen LogP contribution in [0.25, 0.3) is 0 Å². The van der Waals surface area contributed by atoms with Gasteiger partial charge in [-0.1, -0.05) is 18.2 Å². The standard InChI is InChI=1S/C21H21N3O2S/c1-15-6-2-11-19(22-15)24-21(26)16-7-3-8-17(14-16)23-20(25)12-4-9-18-10-5-13-27-18/h2-3,5-8,10-11,13-14H,4,9,12H2,1H3,(H,23,25)(H,22,24,26). The van der Waals surface area contributed by atoms with Crippen LogP contribution < -0.4 is 10.6 Å². The van der Waals surface area contributed by atoms with Crippen LogP contribution in [0.5, 0.6) is 0 Å². The molecular weight excluding hydrogens is 358 g/mol. The molecule has 2 aromatic heterocycles. The number of nitrogens with one attached hydrogen (secondary N) is 2. The van der Waals surface area contributed by atoms with Gasteiger partial charge < -0.3 is 10.6 Å². The molecule has 0 saturated carbocycles. The molecule has 6 heteroatoms. The lowest BCUT2D eigenvalue weighted by molar-refractivity contribution is -0.116. The zero-order valence-electron chi connectivity index (χ0n) is 15.1. The maximum atomic E-state index is 12.4. The molecule has 0 aliphatic rings. The lowest BCUT2D eigenvalue weighted by atomic mass is 10.1. The average Bonchev–Trinajstić information content (AvgIpc) is 3.15. The molecule has 2 N–H and O–H groups in total. The van der Waals surface area contributed by atoms with E-state index in [2.05, 4.69) is 21.7 Å². The van der Waals surface area contributed by atoms with Crippen LogP contribution in [-0.2, 0) is 11.2 Å². The van der Waals surface area contributed by atoms with Gasteiger partial charge in [-0.2, -0.15) is 0 Å². The maximum absolute atomic E-state index is 12.4. The van der Waals surface area contributed by atoms with Gasteiger partial charge in [-0.15, -0.1) is 11.3 Å². The number of nitrogens with zero attached hydrogens (tertiary/aromatic N) is 1. The predicted molar refractivity (Wildman–Crippen MR) is 109 cm³/mol. The van der Waals surface area contributed by atoms with Crippen molar-refractivity contribution in [1.29, 1.82) is 0 Å². The monoisotopic (exact) mass is 379 g/mol. The van der Waals surface area contributed by atoms with Crippen LogP contribution in [0, 0.1) is 6.92 Å². The van der Waals surface area contributed by atoms with Gasteiger partial charge in [0.05, 0.1) is 0 Å². The quantitative estimate of drug-likeness (QED) is 0.627. The van der Waals surface area contributed by atoms with E-state index in [4.69, 9.17) is 0 Å². The molecular formula is C21H21N3O2S. The van der Waals surface area contributed by atoms with Crippen molar-refractivity contribution in [2.75, 3.05) is 10.6 Å². The van der Waals surface area contributed by atoms with Crippen molar-refractivity contribution in [2.45, 2.75) is 26.2 Å². The SMILES string of the molecule is Cc1cccc(NC(=O)c2cccc(NC(=O)CCCc3cccs3)c2)n1. The van der Waals surface area contributed by atoms with Crippen molar-refractivity contribution in [2.24, 2.45) is 0 Å². The van der Waals surface area contributed by atoms with E-state index in [1.54, 1.807) is 41.7 Å². The number of aromatic nitrogens is 1. The van der Waals surface area contributed by atoms with Crippen LogP contribution in [0.15, 0.2) is 60.0 Å². The van der Waals surface area contributed by atoms with Crippen molar-refractivity contribution in [3.63, 3.8) is 0 Å². The van der Waals surface area contributed by atoms with Crippen molar-refractivity contribution in [1.82, 2.24) is 4.98 Å². The summed E-state index contributed by atoms with van der Waals surface area (Å²) in [5.74, 6) is 0.189. The number of pyridine rings is 1. The van der Waals surface area contributed by atoms with Crippen molar-refractivity contribution in [3.8, 4) is 0 Å². The van der Waals surface area contributed by atoms with E-state index in [-0.39, 0.29) is 11.8 Å². The van der Waals surface area contributed by atoms with Gasteiger partial charge in [0.25, 0.3) is 5.91 Å². The molecule has 27 heavy (non-hydrogen) atoms. The van der Waals surface area contributed by atoms with E-state index >= 15 is 0 Å². The van der Waals surface area contributed by atoms with E-state index in [9.17, 15) is 9.59 Å². The molecule has 2 amide bonds. The first-order valence-corrected chi connectivity index (χ1v) is 9.65. The maximum Gasteiger partial charge on any atom is 0.256 e. The number of benzene rings is 1. The molecule has 0 aliphatic heterocycles. The van der Waals surface area contributed by atoms with Crippen molar-refractivity contribution in [3.05, 3.63) is 76.1 Å². The van der Waals surface area contributed by atoms with E-state index < -0.39 is 0 Å². The largest absolute Gasteiger partial charge is 0.326 e. The summed E-state index contributed by atoms with van der Waals surface area (Å²) in [6, 6.07) is 16.4. The van der Waals surface area contributed by atoms with Gasteiger partial charge in [0, 0.05) is 28.2 Å². The Bertz CT molecular complexity index is 923. The minimum Gasteiger partial charge on any atom is -0.326 e. The van der Waals surface area contributed by atoms with Gasteiger partial charge in [-0.25, -0.2) is 4.98 Å². The van der Waals surface area contributed by atoms with Gasteiger partial charge in [0.1, 0.15) is 5.82 Å². The Labute approximate surface area is 162 Å². The zero-order valence-corrected chi connectivity index (χ0v) is 15.9. The Morgan fingerprint density at radius 2 is 1.89 bits per heavy atom. The highest BCUT2D eigenvalue weighted by molar-refractivity contribution is 7.09. The predicted octanol–water partition coefficient (Wildman–Crippen LogP) is 4.67. The molecule has 3 rings (SSSR count). The molecule has 0 saturated heterocycles. The number of carbonyl (C=O) groups is 2. The Kier molecular flexibility index (Phi) is 6.33. The Morgan fingerprint density at radius 1 is 1.04 bits per heavy atom. The van der Waals surface area contributed by atoms with Gasteiger partial charge in [-0.05, 0) is 61.5 Å². The summed E-state index contributed by atoms with van der Waals surface area (Å²) < 4.78 is 0. The summed E-state index contributed by atoms with van der Waals surface area (Å²) in [6.45, 7) is 1.87. The number of anilines is 2. The Hall–Kier alpha value is -2.99. The summed E-state index contributed by atoms with van der Waals surface area (Å²) in [4.78, 5) is 30.1. The molecule has 0 atom stereocenters. The topological polar surface area (TPSA) is 71.1 Å². The summed E-state index contributed by atoms with van der Waals surface area (Å²) in [6.07, 6.45) is 2.14. The highest BCUT2D eigenvalue weighted by Crippen LogP contribution is 2.15. The summed E-state index contributed by atoms with van der Waals surface area (Å²) in [5, 5.41) is 7.67. The normalized spacial score (nSPS) is 10.4. The lowest BCUT2D eigenvalue weighted by Gasteiger charge is -2.08. The van der Waals surface area contributed by atoms with E-state index in [0.717, 1.165) is 18.5 Å². The van der Waals surface area contributed by atoms with Crippen LogP contribution in [0.1, 0.15) is 33.8 Å². The molecule has 0 unspecified atom stereocenters. The lowest BCUT2D eigenvalue weighted by Crippen LogP contribution is -2.15. The molecule has 0 radical (unpaired) electrons. The van der Waals surface area contributed by atoms with Gasteiger partial charge >= 0.3 is 0 Å². The number of aryl methyl sites for hydroxylation is 2. The second kappa shape index (κ2) is 9.09. The first kappa shape index (κ1) is 18.8. The number of amides is 2. The number of hydrogen-bond donors (Lipinski definition) is 2. The molecule has 0 fully saturated rings. The van der Waals surface area contributed by atoms with E-state index in [1.807, 2.05) is 30.5 Å². The zero-order chi connectivity index (χ0) is 19.1. The van der Waals surface area contributed by atoms with Crippen LogP contribution in [0.2, 0.25) is 0 Å². The van der Waals surface area contributed by atoms with Gasteiger partial charge in [0.15, 0.2) is 0 Å². The molecule has 0 aliphatic carbocycles. The van der Waals surface area contributed by atoms with Gasteiger partial charge in [-0.3, -0.25) is 9.59 Å². The summed E-state index contributed by atoms with van der Waals surface area (Å²) >= 11 is 1.70. The highest BCUT2D eigenvalue weighted by Gasteiger charge is 2.09. The molecule has 0 bridgehead atoms. The smallest absolute Gasteiger partial charge is 0.256 e. The first-order valence-electron chi connectivity index (χ1n) is 8.77. The fourth-order valence-electron chi connectivity index (χ4n) is 2.64. The Morgan fingerprint density at radius 3 is 2.67 bits per heavy atom. The summed E-state index contributed by atoms with van der Waals surface area (Å²) in [5.41, 5.74) is 1.91. The third-order valence-corrected chi connectivity index (χ3v) is 4.88. The third kappa shape index (κ3) is 5.76. The fraction of sp³-hybridized carbons (Fsp3) is 0.190.